The van der Waals surface area contributed by atoms with Crippen molar-refractivity contribution in [3.05, 3.63) is 24.3 Å². The number of nitrogens with one attached hydrogen (secondary N) is 2. The van der Waals surface area contributed by atoms with E-state index in [0.29, 0.717) is 12.3 Å². The molecular weight excluding hydrogens is 334 g/mol. The monoisotopic (exact) mass is 355 g/mol. The summed E-state index contributed by atoms with van der Waals surface area (Å²) in [6.45, 7) is 0.600. The lowest BCUT2D eigenvalue weighted by atomic mass is 10.1. The molecule has 1 atom stereocenters. The Morgan fingerprint density at radius 1 is 1.29 bits per heavy atom. The summed E-state index contributed by atoms with van der Waals surface area (Å²) in [5.41, 5.74) is 0.717. The van der Waals surface area contributed by atoms with Crippen LogP contribution in [-0.2, 0) is 19.6 Å². The maximum Gasteiger partial charge on any atom is 0.227 e. The number of sulfonamides is 1. The van der Waals surface area contributed by atoms with Crippen LogP contribution in [0.5, 0.6) is 5.75 Å². The number of carbonyl (C=O) groups is 2. The molecule has 2 N–H and O–H groups in total. The third kappa shape index (κ3) is 4.93. The minimum atomic E-state index is -3.27. The van der Waals surface area contributed by atoms with Crippen molar-refractivity contribution >= 4 is 27.5 Å². The van der Waals surface area contributed by atoms with Crippen molar-refractivity contribution in [3.63, 3.8) is 0 Å². The van der Waals surface area contributed by atoms with Gasteiger partial charge in [-0.3, -0.25) is 9.59 Å². The Kier molecular flexibility index (Phi) is 5.79. The fraction of sp³-hybridized carbons (Fsp3) is 0.467. The highest BCUT2D eigenvalue weighted by Gasteiger charge is 2.34. The molecule has 1 aromatic carbocycles. The van der Waals surface area contributed by atoms with Crippen molar-refractivity contribution in [3.8, 4) is 5.75 Å². The van der Waals surface area contributed by atoms with Crippen molar-refractivity contribution in [2.45, 2.75) is 6.42 Å². The molecule has 0 spiro atoms. The van der Waals surface area contributed by atoms with Gasteiger partial charge in [0.2, 0.25) is 21.8 Å². The van der Waals surface area contributed by atoms with Crippen molar-refractivity contribution in [1.82, 2.24) is 10.0 Å². The van der Waals surface area contributed by atoms with E-state index in [9.17, 15) is 18.0 Å². The summed E-state index contributed by atoms with van der Waals surface area (Å²) in [6.07, 6.45) is 1.19. The third-order valence-electron chi connectivity index (χ3n) is 3.67. The summed E-state index contributed by atoms with van der Waals surface area (Å²) in [4.78, 5) is 25.8. The van der Waals surface area contributed by atoms with Crippen LogP contribution in [0.15, 0.2) is 24.3 Å². The van der Waals surface area contributed by atoms with Crippen molar-refractivity contribution in [2.75, 3.05) is 37.9 Å². The number of hydrogen-bond donors (Lipinski definition) is 2. The van der Waals surface area contributed by atoms with Crippen LogP contribution >= 0.6 is 0 Å². The highest BCUT2D eigenvalue weighted by atomic mass is 32.2. The molecule has 2 rings (SSSR count). The zero-order valence-electron chi connectivity index (χ0n) is 13.6. The molecule has 0 saturated carbocycles. The second-order valence-electron chi connectivity index (χ2n) is 5.56. The predicted molar refractivity (Wildman–Crippen MR) is 89.3 cm³/mol. The van der Waals surface area contributed by atoms with E-state index in [-0.39, 0.29) is 31.3 Å². The van der Waals surface area contributed by atoms with Crippen LogP contribution in [0, 0.1) is 5.92 Å². The molecule has 0 unspecified atom stereocenters. The fourth-order valence-corrected chi connectivity index (χ4v) is 2.93. The van der Waals surface area contributed by atoms with Crippen LogP contribution in [0.2, 0.25) is 0 Å². The lowest BCUT2D eigenvalue weighted by Gasteiger charge is -2.17. The van der Waals surface area contributed by atoms with Crippen LogP contribution in [0.3, 0.4) is 0 Å². The van der Waals surface area contributed by atoms with Gasteiger partial charge in [-0.05, 0) is 24.3 Å². The topological polar surface area (TPSA) is 105 Å². The predicted octanol–water partition coefficient (Wildman–Crippen LogP) is -0.286. The van der Waals surface area contributed by atoms with Gasteiger partial charge in [0.1, 0.15) is 5.75 Å². The standard InChI is InChI=1S/C15H21N3O5S/c1-23-13-5-3-12(4-6-13)18-10-11(9-14(18)19)15(20)16-7-8-17-24(2,21)22/h3-6,11,17H,7-10H2,1-2H3,(H,16,20)/t11-/m1/s1. The first-order valence-corrected chi connectivity index (χ1v) is 9.36. The minimum absolute atomic E-state index is 0.116. The number of hydrogen-bond acceptors (Lipinski definition) is 5. The Morgan fingerprint density at radius 3 is 2.54 bits per heavy atom. The van der Waals surface area contributed by atoms with E-state index in [2.05, 4.69) is 10.0 Å². The number of benzene rings is 1. The quantitative estimate of drug-likeness (QED) is 0.654. The maximum absolute atomic E-state index is 12.1. The van der Waals surface area contributed by atoms with Gasteiger partial charge in [-0.1, -0.05) is 0 Å². The highest BCUT2D eigenvalue weighted by Crippen LogP contribution is 2.26. The molecule has 0 aliphatic carbocycles. The van der Waals surface area contributed by atoms with Crippen molar-refractivity contribution in [1.29, 1.82) is 0 Å². The SMILES string of the molecule is COc1ccc(N2C[C@H](C(=O)NCCNS(C)(=O)=O)CC2=O)cc1. The molecule has 1 aliphatic heterocycles. The van der Waals surface area contributed by atoms with E-state index in [1.807, 2.05) is 0 Å². The number of nitrogens with zero attached hydrogens (tertiary/aromatic N) is 1. The van der Waals surface area contributed by atoms with Gasteiger partial charge in [-0.25, -0.2) is 13.1 Å². The number of amides is 2. The van der Waals surface area contributed by atoms with Gasteiger partial charge >= 0.3 is 0 Å². The summed E-state index contributed by atoms with van der Waals surface area (Å²) in [6, 6.07) is 7.06. The second kappa shape index (κ2) is 7.63. The zero-order chi connectivity index (χ0) is 17.7. The zero-order valence-corrected chi connectivity index (χ0v) is 14.4. The molecule has 1 aliphatic rings. The molecule has 1 saturated heterocycles. The largest absolute Gasteiger partial charge is 0.497 e. The van der Waals surface area contributed by atoms with Gasteiger partial charge in [-0.15, -0.1) is 0 Å². The molecule has 24 heavy (non-hydrogen) atoms. The van der Waals surface area contributed by atoms with Crippen LogP contribution < -0.4 is 19.7 Å². The Hall–Kier alpha value is -2.13. The van der Waals surface area contributed by atoms with Crippen LogP contribution in [0.25, 0.3) is 0 Å². The van der Waals surface area contributed by atoms with Gasteiger partial charge < -0.3 is 15.0 Å². The Balaban J connectivity index is 1.87. The van der Waals surface area contributed by atoms with Crippen LogP contribution in [0.1, 0.15) is 6.42 Å². The number of methoxy groups -OCH3 is 1. The molecule has 132 valence electrons. The molecule has 9 heteroatoms. The van der Waals surface area contributed by atoms with E-state index in [1.165, 1.54) is 0 Å². The van der Waals surface area contributed by atoms with Crippen LogP contribution in [-0.4, -0.2) is 53.2 Å². The van der Waals surface area contributed by atoms with Gasteiger partial charge in [-0.2, -0.15) is 0 Å². The number of rotatable bonds is 7. The first-order chi connectivity index (χ1) is 11.3. The van der Waals surface area contributed by atoms with Gasteiger partial charge in [0.15, 0.2) is 0 Å². The Bertz CT molecular complexity index is 702. The molecule has 1 heterocycles. The van der Waals surface area contributed by atoms with Crippen LogP contribution in [0.4, 0.5) is 5.69 Å². The third-order valence-corrected chi connectivity index (χ3v) is 4.40. The Morgan fingerprint density at radius 2 is 1.96 bits per heavy atom. The normalized spacial score (nSPS) is 17.8. The molecule has 0 aromatic heterocycles. The highest BCUT2D eigenvalue weighted by molar-refractivity contribution is 7.88. The van der Waals surface area contributed by atoms with Crippen molar-refractivity contribution in [2.24, 2.45) is 5.92 Å². The maximum atomic E-state index is 12.1. The van der Waals surface area contributed by atoms with E-state index >= 15 is 0 Å². The molecule has 2 amide bonds. The second-order valence-corrected chi connectivity index (χ2v) is 7.39. The number of ether oxygens (including phenoxy) is 1. The molecule has 8 nitrogen and oxygen atoms in total. The average molecular weight is 355 g/mol. The summed E-state index contributed by atoms with van der Waals surface area (Å²) in [7, 11) is -1.71. The first-order valence-electron chi connectivity index (χ1n) is 7.47. The summed E-state index contributed by atoms with van der Waals surface area (Å²) in [5, 5.41) is 2.64. The molecule has 0 radical (unpaired) electrons. The van der Waals surface area contributed by atoms with Gasteiger partial charge in [0.25, 0.3) is 0 Å². The number of carbonyl (C=O) groups excluding carboxylic acids is 2. The van der Waals surface area contributed by atoms with Gasteiger partial charge in [0, 0.05) is 31.7 Å². The van der Waals surface area contributed by atoms with E-state index < -0.39 is 15.9 Å². The van der Waals surface area contributed by atoms with Gasteiger partial charge in [0.05, 0.1) is 19.3 Å². The summed E-state index contributed by atoms with van der Waals surface area (Å²) < 4.78 is 29.2. The van der Waals surface area contributed by atoms with Crippen molar-refractivity contribution < 1.29 is 22.7 Å². The fourth-order valence-electron chi connectivity index (χ4n) is 2.46. The molecule has 0 bridgehead atoms. The molecular formula is C15H21N3O5S. The number of anilines is 1. The summed E-state index contributed by atoms with van der Waals surface area (Å²) in [5.74, 6) is -0.125. The first kappa shape index (κ1) is 18.2. The van der Waals surface area contributed by atoms with E-state index in [4.69, 9.17) is 4.74 Å². The molecule has 1 aromatic rings. The minimum Gasteiger partial charge on any atom is -0.497 e. The van der Waals surface area contributed by atoms with E-state index in [0.717, 1.165) is 11.9 Å². The summed E-state index contributed by atoms with van der Waals surface area (Å²) >= 11 is 0. The smallest absolute Gasteiger partial charge is 0.227 e. The van der Waals surface area contributed by atoms with E-state index in [1.54, 1.807) is 36.3 Å². The average Bonchev–Trinajstić information content (AvgIpc) is 2.92. The molecule has 1 fully saturated rings. The lowest BCUT2D eigenvalue weighted by Crippen LogP contribution is -2.38. The lowest BCUT2D eigenvalue weighted by molar-refractivity contribution is -0.126. The Labute approximate surface area is 141 Å².